The van der Waals surface area contributed by atoms with E-state index in [0.717, 1.165) is 30.8 Å². The predicted molar refractivity (Wildman–Crippen MR) is 93.9 cm³/mol. The van der Waals surface area contributed by atoms with Crippen LogP contribution in [-0.4, -0.2) is 24.2 Å². The summed E-state index contributed by atoms with van der Waals surface area (Å²) in [6.07, 6.45) is 2.03. The molecular formula is C21H22N2. The minimum absolute atomic E-state index is 0.799. The molecule has 2 heterocycles. The fourth-order valence-corrected chi connectivity index (χ4v) is 4.70. The van der Waals surface area contributed by atoms with Crippen LogP contribution in [0.25, 0.3) is 0 Å². The third-order valence-electron chi connectivity index (χ3n) is 5.90. The van der Waals surface area contributed by atoms with Crippen LogP contribution in [0.4, 0.5) is 0 Å². The van der Waals surface area contributed by atoms with Gasteiger partial charge in [0.25, 0.3) is 0 Å². The summed E-state index contributed by atoms with van der Waals surface area (Å²) in [6, 6.07) is 15.7. The second kappa shape index (κ2) is 5.04. The highest BCUT2D eigenvalue weighted by Gasteiger charge is 2.56. The number of benzene rings is 2. The first-order valence-electron chi connectivity index (χ1n) is 8.69. The molecule has 0 bridgehead atoms. The Balaban J connectivity index is 1.29. The van der Waals surface area contributed by atoms with Gasteiger partial charge in [0.05, 0.1) is 6.54 Å². The molecule has 23 heavy (non-hydrogen) atoms. The molecule has 2 aromatic rings. The van der Waals surface area contributed by atoms with E-state index in [1.807, 2.05) is 6.21 Å². The molecule has 1 aliphatic carbocycles. The van der Waals surface area contributed by atoms with E-state index < -0.39 is 0 Å². The monoisotopic (exact) mass is 302 g/mol. The van der Waals surface area contributed by atoms with Gasteiger partial charge in [-0.2, -0.15) is 0 Å². The third kappa shape index (κ3) is 2.24. The Morgan fingerprint density at radius 2 is 1.87 bits per heavy atom. The maximum Gasteiger partial charge on any atom is 0.0646 e. The van der Waals surface area contributed by atoms with E-state index in [0.29, 0.717) is 0 Å². The molecule has 2 unspecified atom stereocenters. The molecule has 0 N–H and O–H groups in total. The lowest BCUT2D eigenvalue weighted by molar-refractivity contribution is 0.290. The summed E-state index contributed by atoms with van der Waals surface area (Å²) in [4.78, 5) is 7.04. The molecule has 2 aromatic carbocycles. The summed E-state index contributed by atoms with van der Waals surface area (Å²) in [5.41, 5.74) is 7.27. The molecule has 2 atom stereocenters. The van der Waals surface area contributed by atoms with E-state index in [4.69, 9.17) is 0 Å². The van der Waals surface area contributed by atoms with Gasteiger partial charge >= 0.3 is 0 Å². The molecule has 5 rings (SSSR count). The van der Waals surface area contributed by atoms with Crippen molar-refractivity contribution in [2.75, 3.05) is 13.1 Å². The Labute approximate surface area is 137 Å². The molecular weight excluding hydrogens is 280 g/mol. The van der Waals surface area contributed by atoms with Gasteiger partial charge in [-0.05, 0) is 58.6 Å². The highest BCUT2D eigenvalue weighted by molar-refractivity contribution is 5.85. The molecule has 0 aromatic heterocycles. The van der Waals surface area contributed by atoms with Crippen molar-refractivity contribution in [2.45, 2.75) is 25.9 Å². The van der Waals surface area contributed by atoms with Crippen LogP contribution in [0.1, 0.15) is 33.7 Å². The zero-order chi connectivity index (χ0) is 15.4. The van der Waals surface area contributed by atoms with Crippen molar-refractivity contribution >= 4 is 6.21 Å². The van der Waals surface area contributed by atoms with Crippen LogP contribution >= 0.6 is 0 Å². The Hall–Kier alpha value is -1.93. The van der Waals surface area contributed by atoms with Crippen LogP contribution in [0.15, 0.2) is 47.5 Å². The van der Waals surface area contributed by atoms with Crippen molar-refractivity contribution in [3.63, 3.8) is 0 Å². The molecule has 3 aliphatic rings. The minimum atomic E-state index is 0.799. The van der Waals surface area contributed by atoms with Crippen molar-refractivity contribution in [3.05, 3.63) is 70.3 Å². The average molecular weight is 302 g/mol. The summed E-state index contributed by atoms with van der Waals surface area (Å²) in [7, 11) is 0. The van der Waals surface area contributed by atoms with E-state index in [2.05, 4.69) is 59.3 Å². The first kappa shape index (κ1) is 13.5. The molecule has 0 radical (unpaired) electrons. The molecule has 2 heteroatoms. The molecule has 2 aliphatic heterocycles. The van der Waals surface area contributed by atoms with E-state index in [1.54, 1.807) is 5.56 Å². The van der Waals surface area contributed by atoms with Gasteiger partial charge in [-0.15, -0.1) is 0 Å². The Kier molecular flexibility index (Phi) is 2.96. The van der Waals surface area contributed by atoms with Gasteiger partial charge in [0.1, 0.15) is 0 Å². The number of hydrogen-bond donors (Lipinski definition) is 0. The van der Waals surface area contributed by atoms with E-state index >= 15 is 0 Å². The molecule has 2 nitrogen and oxygen atoms in total. The molecule has 1 saturated heterocycles. The Morgan fingerprint density at radius 1 is 1.09 bits per heavy atom. The lowest BCUT2D eigenvalue weighted by Crippen LogP contribution is -2.23. The van der Waals surface area contributed by atoms with Gasteiger partial charge in [0.2, 0.25) is 0 Å². The van der Waals surface area contributed by atoms with Gasteiger partial charge in [-0.3, -0.25) is 9.89 Å². The number of likely N-dealkylation sites (tertiary alicyclic amines) is 1. The summed E-state index contributed by atoms with van der Waals surface area (Å²) in [5.74, 6) is 2.54. The summed E-state index contributed by atoms with van der Waals surface area (Å²) in [6.45, 7) is 6.79. The SMILES string of the molecule is Cc1cc2c(cc1C1C3CN(Cc4ccccc4)CC31)CN=C2. The first-order valence-corrected chi connectivity index (χ1v) is 8.69. The molecule has 0 amide bonds. The lowest BCUT2D eigenvalue weighted by Gasteiger charge is -2.20. The van der Waals surface area contributed by atoms with Crippen LogP contribution in [0.2, 0.25) is 0 Å². The predicted octanol–water partition coefficient (Wildman–Crippen LogP) is 3.77. The zero-order valence-corrected chi connectivity index (χ0v) is 13.6. The summed E-state index contributed by atoms with van der Waals surface area (Å²) < 4.78 is 0. The number of piperidine rings is 1. The van der Waals surface area contributed by atoms with Crippen molar-refractivity contribution in [3.8, 4) is 0 Å². The largest absolute Gasteiger partial charge is 0.298 e. The fraction of sp³-hybridized carbons (Fsp3) is 0.381. The van der Waals surface area contributed by atoms with Gasteiger partial charge in [-0.1, -0.05) is 36.4 Å². The van der Waals surface area contributed by atoms with E-state index in [1.165, 1.54) is 35.3 Å². The maximum absolute atomic E-state index is 4.41. The number of hydrogen-bond acceptors (Lipinski definition) is 2. The standard InChI is InChI=1S/C21H22N2/c1-14-7-16-9-22-10-17(16)8-18(14)21-19-12-23(13-20(19)21)11-15-5-3-2-4-6-15/h2-9,19-21H,10-13H2,1H3. The number of fused-ring (bicyclic) bond motifs is 2. The quantitative estimate of drug-likeness (QED) is 0.842. The highest BCUT2D eigenvalue weighted by atomic mass is 15.2. The topological polar surface area (TPSA) is 15.6 Å². The summed E-state index contributed by atoms with van der Waals surface area (Å²) >= 11 is 0. The maximum atomic E-state index is 4.41. The molecule has 116 valence electrons. The highest BCUT2D eigenvalue weighted by Crippen LogP contribution is 2.59. The van der Waals surface area contributed by atoms with Crippen LogP contribution in [0, 0.1) is 18.8 Å². The number of aryl methyl sites for hydroxylation is 1. The molecule has 0 spiro atoms. The molecule has 2 fully saturated rings. The third-order valence-corrected chi connectivity index (χ3v) is 5.90. The van der Waals surface area contributed by atoms with E-state index in [9.17, 15) is 0 Å². The van der Waals surface area contributed by atoms with Crippen molar-refractivity contribution in [1.82, 2.24) is 4.90 Å². The van der Waals surface area contributed by atoms with E-state index in [-0.39, 0.29) is 0 Å². The first-order chi connectivity index (χ1) is 11.3. The van der Waals surface area contributed by atoms with Gasteiger partial charge in [-0.25, -0.2) is 0 Å². The van der Waals surface area contributed by atoms with Crippen molar-refractivity contribution in [1.29, 1.82) is 0 Å². The van der Waals surface area contributed by atoms with Crippen LogP contribution in [-0.2, 0) is 13.1 Å². The number of nitrogens with zero attached hydrogens (tertiary/aromatic N) is 2. The minimum Gasteiger partial charge on any atom is -0.298 e. The Morgan fingerprint density at radius 3 is 2.65 bits per heavy atom. The van der Waals surface area contributed by atoms with Crippen LogP contribution < -0.4 is 0 Å². The van der Waals surface area contributed by atoms with Crippen molar-refractivity contribution in [2.24, 2.45) is 16.8 Å². The van der Waals surface area contributed by atoms with Crippen LogP contribution in [0.3, 0.4) is 0 Å². The second-order valence-corrected chi connectivity index (χ2v) is 7.41. The number of rotatable bonds is 3. The summed E-state index contributed by atoms with van der Waals surface area (Å²) in [5, 5.41) is 0. The Bertz CT molecular complexity index is 766. The second-order valence-electron chi connectivity index (χ2n) is 7.41. The van der Waals surface area contributed by atoms with Gasteiger partial charge in [0, 0.05) is 25.8 Å². The lowest BCUT2D eigenvalue weighted by atomic mass is 9.95. The molecule has 1 saturated carbocycles. The number of aliphatic imine (C=N–C) groups is 1. The van der Waals surface area contributed by atoms with Crippen molar-refractivity contribution < 1.29 is 0 Å². The average Bonchev–Trinajstić information content (AvgIpc) is 2.91. The fourth-order valence-electron chi connectivity index (χ4n) is 4.70. The van der Waals surface area contributed by atoms with Crippen LogP contribution in [0.5, 0.6) is 0 Å². The normalized spacial score (nSPS) is 28.0. The van der Waals surface area contributed by atoms with Gasteiger partial charge in [0.15, 0.2) is 0 Å². The van der Waals surface area contributed by atoms with Gasteiger partial charge < -0.3 is 0 Å². The smallest absolute Gasteiger partial charge is 0.0646 e. The zero-order valence-electron chi connectivity index (χ0n) is 13.6.